The summed E-state index contributed by atoms with van der Waals surface area (Å²) in [5.74, 6) is 0. The van der Waals surface area contributed by atoms with Gasteiger partial charge in [0.15, 0.2) is 0 Å². The van der Waals surface area contributed by atoms with Crippen molar-refractivity contribution in [3.63, 3.8) is 0 Å². The largest absolute Gasteiger partial charge is 0.310 e. The molecular formula is C23H27Cl2N5O2. The van der Waals surface area contributed by atoms with E-state index in [2.05, 4.69) is 15.2 Å². The number of hydrogen-bond donors (Lipinski definition) is 1. The maximum atomic E-state index is 12.6. The van der Waals surface area contributed by atoms with E-state index >= 15 is 0 Å². The summed E-state index contributed by atoms with van der Waals surface area (Å²) < 4.78 is 3.56. The molecule has 0 radical (unpaired) electrons. The number of aromatic nitrogens is 3. The minimum atomic E-state index is -0.0389. The molecule has 0 amide bonds. The Morgan fingerprint density at radius 1 is 1.12 bits per heavy atom. The second-order valence-corrected chi connectivity index (χ2v) is 9.03. The van der Waals surface area contributed by atoms with Crippen molar-refractivity contribution in [2.75, 3.05) is 19.6 Å². The highest BCUT2D eigenvalue weighted by molar-refractivity contribution is 6.31. The van der Waals surface area contributed by atoms with Crippen molar-refractivity contribution in [3.8, 4) is 0 Å². The number of nitrogens with zero attached hydrogens (tertiary/aromatic N) is 4. The quantitative estimate of drug-likeness (QED) is 0.613. The second-order valence-electron chi connectivity index (χ2n) is 8.62. The minimum Gasteiger partial charge on any atom is -0.310 e. The molecule has 3 aromatic rings. The van der Waals surface area contributed by atoms with Crippen molar-refractivity contribution in [2.24, 2.45) is 0 Å². The Kier molecular flexibility index (Phi) is 6.72. The monoisotopic (exact) mass is 475 g/mol. The van der Waals surface area contributed by atoms with Gasteiger partial charge in [-0.1, -0.05) is 11.6 Å². The zero-order valence-electron chi connectivity index (χ0n) is 18.0. The van der Waals surface area contributed by atoms with Gasteiger partial charge in [-0.3, -0.25) is 23.7 Å². The van der Waals surface area contributed by atoms with Crippen LogP contribution in [0.15, 0.2) is 46.1 Å². The molecule has 7 nitrogen and oxygen atoms in total. The number of aryl methyl sites for hydroxylation is 1. The predicted molar refractivity (Wildman–Crippen MR) is 129 cm³/mol. The first-order chi connectivity index (χ1) is 15.0. The van der Waals surface area contributed by atoms with Gasteiger partial charge in [-0.05, 0) is 56.6 Å². The molecule has 1 atom stereocenters. The highest BCUT2D eigenvalue weighted by atomic mass is 35.5. The molecule has 2 aliphatic rings. The van der Waals surface area contributed by atoms with Gasteiger partial charge < -0.3 is 10.2 Å². The van der Waals surface area contributed by atoms with E-state index in [-0.39, 0.29) is 29.6 Å². The van der Waals surface area contributed by atoms with Gasteiger partial charge in [-0.2, -0.15) is 0 Å². The number of hydrogen-bond acceptors (Lipinski definition) is 5. The molecule has 0 aromatic carbocycles. The second kappa shape index (κ2) is 9.35. The van der Waals surface area contributed by atoms with Crippen molar-refractivity contribution in [1.82, 2.24) is 24.3 Å². The molecule has 5 heterocycles. The number of rotatable bonds is 5. The van der Waals surface area contributed by atoms with Crippen molar-refractivity contribution in [2.45, 2.75) is 44.9 Å². The molecule has 0 aliphatic carbocycles. The van der Waals surface area contributed by atoms with Crippen molar-refractivity contribution >= 4 is 35.0 Å². The Labute approximate surface area is 197 Å². The molecule has 9 heteroatoms. The first-order valence-electron chi connectivity index (χ1n) is 10.8. The van der Waals surface area contributed by atoms with Crippen molar-refractivity contribution in [1.29, 1.82) is 0 Å². The van der Waals surface area contributed by atoms with E-state index in [1.807, 2.05) is 23.8 Å². The molecule has 2 aliphatic heterocycles. The molecule has 32 heavy (non-hydrogen) atoms. The van der Waals surface area contributed by atoms with Gasteiger partial charge in [-0.15, -0.1) is 12.4 Å². The van der Waals surface area contributed by atoms with Crippen LogP contribution in [-0.4, -0.2) is 44.7 Å². The van der Waals surface area contributed by atoms with Crippen LogP contribution < -0.4 is 16.4 Å². The average Bonchev–Trinajstić information content (AvgIpc) is 3.15. The SMILES string of the molecule is Cc1ncc(CNC2CCN(CC3Cn4c(=O)ccc5ccc(=O)n3c54)CC2)cc1Cl.Cl. The van der Waals surface area contributed by atoms with Crippen LogP contribution in [0.3, 0.4) is 0 Å². The lowest BCUT2D eigenvalue weighted by molar-refractivity contribution is 0.171. The maximum absolute atomic E-state index is 12.6. The Bertz CT molecular complexity index is 1240. The number of piperidine rings is 1. The molecule has 0 spiro atoms. The van der Waals surface area contributed by atoms with Gasteiger partial charge in [-0.25, -0.2) is 0 Å². The van der Waals surface area contributed by atoms with Gasteiger partial charge in [0.1, 0.15) is 5.65 Å². The molecule has 1 unspecified atom stereocenters. The Balaban J connectivity index is 0.00000245. The average molecular weight is 476 g/mol. The third-order valence-corrected chi connectivity index (χ3v) is 6.93. The van der Waals surface area contributed by atoms with Gasteiger partial charge in [0.2, 0.25) is 0 Å². The van der Waals surface area contributed by atoms with Crippen LogP contribution >= 0.6 is 24.0 Å². The molecule has 170 valence electrons. The summed E-state index contributed by atoms with van der Waals surface area (Å²) in [6.45, 7) is 5.95. The molecule has 0 bridgehead atoms. The zero-order chi connectivity index (χ0) is 21.5. The summed E-state index contributed by atoms with van der Waals surface area (Å²) in [4.78, 5) is 31.7. The van der Waals surface area contributed by atoms with Gasteiger partial charge in [0.05, 0.1) is 16.8 Å². The fraction of sp³-hybridized carbons (Fsp3) is 0.435. The first kappa shape index (κ1) is 23.0. The van der Waals surface area contributed by atoms with Crippen molar-refractivity contribution < 1.29 is 0 Å². The van der Waals surface area contributed by atoms with Crippen LogP contribution in [0.5, 0.6) is 0 Å². The number of pyridine rings is 3. The standard InChI is InChI=1S/C23H26ClN5O2.ClH/c1-15-20(24)10-16(11-25-15)12-26-18-6-8-27(9-7-18)13-19-14-28-21(30)4-2-17-3-5-22(31)29(19)23(17)28;/h2-5,10-11,18-19,26H,6-9,12-14H2,1H3;1H. The van der Waals surface area contributed by atoms with Crippen LogP contribution in [0.25, 0.3) is 11.0 Å². The molecule has 5 rings (SSSR count). The Hall–Kier alpha value is -2.19. The third-order valence-electron chi connectivity index (χ3n) is 6.55. The van der Waals surface area contributed by atoms with Crippen LogP contribution in [0.2, 0.25) is 5.02 Å². The van der Waals surface area contributed by atoms with E-state index in [0.717, 1.165) is 61.3 Å². The van der Waals surface area contributed by atoms with E-state index in [0.29, 0.717) is 17.6 Å². The van der Waals surface area contributed by atoms with E-state index in [9.17, 15) is 9.59 Å². The fourth-order valence-electron chi connectivity index (χ4n) is 4.81. The Morgan fingerprint density at radius 2 is 1.84 bits per heavy atom. The summed E-state index contributed by atoms with van der Waals surface area (Å²) in [5, 5.41) is 5.26. The summed E-state index contributed by atoms with van der Waals surface area (Å²) in [6, 6.07) is 9.23. The van der Waals surface area contributed by atoms with Gasteiger partial charge in [0.25, 0.3) is 11.1 Å². The van der Waals surface area contributed by atoms with Crippen LogP contribution in [0, 0.1) is 6.92 Å². The lowest BCUT2D eigenvalue weighted by Crippen LogP contribution is -2.44. The minimum absolute atomic E-state index is 0. The highest BCUT2D eigenvalue weighted by Crippen LogP contribution is 2.25. The van der Waals surface area contributed by atoms with E-state index in [1.54, 1.807) is 28.8 Å². The topological polar surface area (TPSA) is 72.2 Å². The number of halogens is 2. The molecule has 3 aromatic heterocycles. The normalized spacial score (nSPS) is 18.8. The first-order valence-corrected chi connectivity index (χ1v) is 11.2. The highest BCUT2D eigenvalue weighted by Gasteiger charge is 2.29. The molecular weight excluding hydrogens is 449 g/mol. The molecule has 1 saturated heterocycles. The van der Waals surface area contributed by atoms with Gasteiger partial charge >= 0.3 is 0 Å². The summed E-state index contributed by atoms with van der Waals surface area (Å²) in [6.07, 6.45) is 3.97. The lowest BCUT2D eigenvalue weighted by Gasteiger charge is -2.34. The van der Waals surface area contributed by atoms with Crippen LogP contribution in [0.1, 0.15) is 30.1 Å². The third kappa shape index (κ3) is 4.35. The number of likely N-dealkylation sites (tertiary alicyclic amines) is 1. The summed E-state index contributed by atoms with van der Waals surface area (Å²) >= 11 is 6.18. The van der Waals surface area contributed by atoms with E-state index in [4.69, 9.17) is 11.6 Å². The van der Waals surface area contributed by atoms with Crippen LogP contribution in [0.4, 0.5) is 0 Å². The number of nitrogens with one attached hydrogen (secondary N) is 1. The fourth-order valence-corrected chi connectivity index (χ4v) is 5.00. The van der Waals surface area contributed by atoms with Crippen LogP contribution in [-0.2, 0) is 13.1 Å². The predicted octanol–water partition coefficient (Wildman–Crippen LogP) is 2.75. The van der Waals surface area contributed by atoms with Gasteiger partial charge in [0, 0.05) is 49.4 Å². The smallest absolute Gasteiger partial charge is 0.252 e. The summed E-state index contributed by atoms with van der Waals surface area (Å²) in [7, 11) is 0. The van der Waals surface area contributed by atoms with Crippen molar-refractivity contribution in [3.05, 3.63) is 73.5 Å². The van der Waals surface area contributed by atoms with E-state index < -0.39 is 0 Å². The van der Waals surface area contributed by atoms with E-state index in [1.165, 1.54) is 0 Å². The Morgan fingerprint density at radius 3 is 2.56 bits per heavy atom. The molecule has 1 fully saturated rings. The molecule has 0 saturated carbocycles. The maximum Gasteiger partial charge on any atom is 0.252 e. The molecule has 1 N–H and O–H groups in total. The zero-order valence-corrected chi connectivity index (χ0v) is 19.5. The summed E-state index contributed by atoms with van der Waals surface area (Å²) in [5.41, 5.74) is 2.63. The lowest BCUT2D eigenvalue weighted by atomic mass is 10.0.